The molecule has 17 heavy (non-hydrogen) atoms. The second-order valence-electron chi connectivity index (χ2n) is 4.75. The lowest BCUT2D eigenvalue weighted by Crippen LogP contribution is -2.24. The van der Waals surface area contributed by atoms with Crippen LogP contribution in [0.1, 0.15) is 36.3 Å². The first-order valence-electron chi connectivity index (χ1n) is 5.37. The Morgan fingerprint density at radius 2 is 2.06 bits per heavy atom. The highest BCUT2D eigenvalue weighted by molar-refractivity contribution is 5.87. The van der Waals surface area contributed by atoms with Gasteiger partial charge < -0.3 is 14.8 Å². The van der Waals surface area contributed by atoms with Crippen LogP contribution < -0.4 is 5.43 Å². The molecule has 1 heterocycles. The van der Waals surface area contributed by atoms with Crippen molar-refractivity contribution in [2.75, 3.05) is 0 Å². The number of carboxylic acids is 1. The Morgan fingerprint density at radius 3 is 2.53 bits per heavy atom. The van der Waals surface area contributed by atoms with E-state index in [0.717, 1.165) is 0 Å². The lowest BCUT2D eigenvalue weighted by atomic mass is 10.1. The minimum absolute atomic E-state index is 0.244. The number of hydrogen-bond acceptors (Lipinski definition) is 3. The molecule has 5 heteroatoms. The maximum Gasteiger partial charge on any atom is 0.341 e. The molecule has 0 spiro atoms. The molecule has 0 saturated heterocycles. The van der Waals surface area contributed by atoms with E-state index >= 15 is 0 Å². The van der Waals surface area contributed by atoms with Crippen LogP contribution in [-0.2, 0) is 6.54 Å². The van der Waals surface area contributed by atoms with Crippen molar-refractivity contribution in [2.45, 2.75) is 39.3 Å². The fraction of sp³-hybridized carbons (Fsp3) is 0.500. The van der Waals surface area contributed by atoms with Crippen molar-refractivity contribution >= 4 is 5.97 Å². The van der Waals surface area contributed by atoms with Gasteiger partial charge in [-0.2, -0.15) is 0 Å². The number of carbonyl (C=O) groups is 1. The predicted molar refractivity (Wildman–Crippen MR) is 63.3 cm³/mol. The molecule has 0 amide bonds. The zero-order valence-corrected chi connectivity index (χ0v) is 10.2. The molecular weight excluding hydrogens is 222 g/mol. The van der Waals surface area contributed by atoms with E-state index in [1.54, 1.807) is 25.3 Å². The summed E-state index contributed by atoms with van der Waals surface area (Å²) in [5, 5.41) is 18.5. The van der Waals surface area contributed by atoms with Crippen molar-refractivity contribution in [3.8, 4) is 0 Å². The number of aromatic nitrogens is 1. The molecule has 0 bridgehead atoms. The van der Waals surface area contributed by atoms with Crippen LogP contribution in [0.4, 0.5) is 0 Å². The number of nitrogens with zero attached hydrogens (tertiary/aromatic N) is 1. The van der Waals surface area contributed by atoms with Gasteiger partial charge in [-0.05, 0) is 27.2 Å². The molecule has 1 aromatic rings. The third kappa shape index (κ3) is 3.71. The standard InChI is InChI=1S/C12H17NO4/c1-8-6-10(14)9(11(15)16)7-13(8)5-4-12(2,3)17/h6-7,17H,4-5H2,1-3H3,(H,15,16). The number of aliphatic hydroxyl groups is 1. The van der Waals surface area contributed by atoms with Crippen LogP contribution in [-0.4, -0.2) is 26.4 Å². The fourth-order valence-corrected chi connectivity index (χ4v) is 1.47. The van der Waals surface area contributed by atoms with Crippen LogP contribution in [0.2, 0.25) is 0 Å². The molecule has 0 aromatic carbocycles. The first-order chi connectivity index (χ1) is 7.70. The van der Waals surface area contributed by atoms with Crippen LogP contribution in [0.5, 0.6) is 0 Å². The molecule has 0 fully saturated rings. The number of aryl methyl sites for hydroxylation is 2. The summed E-state index contributed by atoms with van der Waals surface area (Å²) in [6, 6.07) is 1.30. The molecule has 2 N–H and O–H groups in total. The predicted octanol–water partition coefficient (Wildman–Crippen LogP) is 1.02. The van der Waals surface area contributed by atoms with Gasteiger partial charge in [-0.25, -0.2) is 4.79 Å². The van der Waals surface area contributed by atoms with E-state index in [-0.39, 0.29) is 5.56 Å². The number of rotatable bonds is 4. The van der Waals surface area contributed by atoms with Crippen molar-refractivity contribution in [2.24, 2.45) is 0 Å². The maximum atomic E-state index is 11.4. The number of aromatic carboxylic acids is 1. The van der Waals surface area contributed by atoms with E-state index in [2.05, 4.69) is 0 Å². The Balaban J connectivity index is 3.04. The first-order valence-corrected chi connectivity index (χ1v) is 5.37. The highest BCUT2D eigenvalue weighted by atomic mass is 16.4. The molecule has 94 valence electrons. The van der Waals surface area contributed by atoms with Gasteiger partial charge >= 0.3 is 5.97 Å². The van der Waals surface area contributed by atoms with Crippen LogP contribution in [0.3, 0.4) is 0 Å². The van der Waals surface area contributed by atoms with Gasteiger partial charge in [-0.3, -0.25) is 4.79 Å². The van der Waals surface area contributed by atoms with E-state index in [9.17, 15) is 14.7 Å². The summed E-state index contributed by atoms with van der Waals surface area (Å²) in [5.41, 5.74) is -0.871. The topological polar surface area (TPSA) is 79.5 Å². The minimum Gasteiger partial charge on any atom is -0.477 e. The largest absolute Gasteiger partial charge is 0.477 e. The molecule has 0 radical (unpaired) electrons. The minimum atomic E-state index is -1.23. The summed E-state index contributed by atoms with van der Waals surface area (Å²) in [6.45, 7) is 5.57. The van der Waals surface area contributed by atoms with E-state index in [1.807, 2.05) is 0 Å². The van der Waals surface area contributed by atoms with Gasteiger partial charge in [0.1, 0.15) is 5.56 Å². The molecule has 5 nitrogen and oxygen atoms in total. The van der Waals surface area contributed by atoms with Crippen molar-refractivity contribution in [1.29, 1.82) is 0 Å². The Kier molecular flexibility index (Phi) is 3.72. The summed E-state index contributed by atoms with van der Waals surface area (Å²) in [6.07, 6.45) is 1.81. The zero-order chi connectivity index (χ0) is 13.2. The van der Waals surface area contributed by atoms with Gasteiger partial charge in [-0.15, -0.1) is 0 Å². The second kappa shape index (κ2) is 4.71. The monoisotopic (exact) mass is 239 g/mol. The van der Waals surface area contributed by atoms with Gasteiger partial charge in [0.2, 0.25) is 0 Å². The van der Waals surface area contributed by atoms with E-state index in [0.29, 0.717) is 18.7 Å². The van der Waals surface area contributed by atoms with Gasteiger partial charge in [0.25, 0.3) is 0 Å². The third-order valence-electron chi connectivity index (χ3n) is 2.54. The van der Waals surface area contributed by atoms with Gasteiger partial charge in [0.05, 0.1) is 5.60 Å². The van der Waals surface area contributed by atoms with Crippen LogP contribution in [0.15, 0.2) is 17.1 Å². The van der Waals surface area contributed by atoms with Crippen molar-refractivity contribution in [1.82, 2.24) is 4.57 Å². The highest BCUT2D eigenvalue weighted by Crippen LogP contribution is 2.10. The highest BCUT2D eigenvalue weighted by Gasteiger charge is 2.14. The van der Waals surface area contributed by atoms with E-state index < -0.39 is 17.0 Å². The van der Waals surface area contributed by atoms with Crippen LogP contribution >= 0.6 is 0 Å². The molecule has 0 aliphatic rings. The van der Waals surface area contributed by atoms with Crippen LogP contribution in [0, 0.1) is 6.92 Å². The van der Waals surface area contributed by atoms with Crippen molar-refractivity contribution in [3.63, 3.8) is 0 Å². The average Bonchev–Trinajstić information content (AvgIpc) is 2.14. The fourth-order valence-electron chi connectivity index (χ4n) is 1.47. The van der Waals surface area contributed by atoms with Gasteiger partial charge in [0, 0.05) is 24.5 Å². The van der Waals surface area contributed by atoms with Gasteiger partial charge in [0.15, 0.2) is 5.43 Å². The summed E-state index contributed by atoms with van der Waals surface area (Å²) in [4.78, 5) is 22.2. The number of carboxylic acid groups (broad SMARTS) is 1. The molecule has 1 rings (SSSR count). The molecule has 0 aliphatic carbocycles. The average molecular weight is 239 g/mol. The lowest BCUT2D eigenvalue weighted by molar-refractivity contribution is 0.0659. The lowest BCUT2D eigenvalue weighted by Gasteiger charge is -2.19. The summed E-state index contributed by atoms with van der Waals surface area (Å²) in [7, 11) is 0. The Hall–Kier alpha value is -1.62. The van der Waals surface area contributed by atoms with Crippen LogP contribution in [0.25, 0.3) is 0 Å². The zero-order valence-electron chi connectivity index (χ0n) is 10.2. The molecular formula is C12H17NO4. The normalized spacial score (nSPS) is 11.5. The molecule has 0 saturated carbocycles. The molecule has 0 aliphatic heterocycles. The van der Waals surface area contributed by atoms with E-state index in [4.69, 9.17) is 5.11 Å². The quantitative estimate of drug-likeness (QED) is 0.822. The Labute approximate surface area is 99.3 Å². The third-order valence-corrected chi connectivity index (χ3v) is 2.54. The summed E-state index contributed by atoms with van der Waals surface area (Å²) in [5.74, 6) is -1.23. The number of hydrogen-bond donors (Lipinski definition) is 2. The molecule has 0 atom stereocenters. The SMILES string of the molecule is Cc1cc(=O)c(C(=O)O)cn1CCC(C)(C)O. The smallest absolute Gasteiger partial charge is 0.341 e. The van der Waals surface area contributed by atoms with Gasteiger partial charge in [-0.1, -0.05) is 0 Å². The molecule has 0 unspecified atom stereocenters. The molecule has 1 aromatic heterocycles. The summed E-state index contributed by atoms with van der Waals surface area (Å²) >= 11 is 0. The maximum absolute atomic E-state index is 11.4. The first kappa shape index (κ1) is 13.4. The second-order valence-corrected chi connectivity index (χ2v) is 4.75. The van der Waals surface area contributed by atoms with E-state index in [1.165, 1.54) is 12.3 Å². The summed E-state index contributed by atoms with van der Waals surface area (Å²) < 4.78 is 1.67. The number of pyridine rings is 1. The Bertz CT molecular complexity index is 482. The Morgan fingerprint density at radius 1 is 1.47 bits per heavy atom. The van der Waals surface area contributed by atoms with Crippen molar-refractivity contribution in [3.05, 3.63) is 33.7 Å². The van der Waals surface area contributed by atoms with Crippen molar-refractivity contribution < 1.29 is 15.0 Å².